The van der Waals surface area contributed by atoms with Crippen LogP contribution in [0.1, 0.15) is 25.7 Å². The molecule has 2 N–H and O–H groups in total. The predicted molar refractivity (Wildman–Crippen MR) is 119 cm³/mol. The highest BCUT2D eigenvalue weighted by Crippen LogP contribution is 2.21. The fourth-order valence-corrected chi connectivity index (χ4v) is 3.45. The Bertz CT molecular complexity index is 554. The Labute approximate surface area is 179 Å². The van der Waals surface area contributed by atoms with Crippen molar-refractivity contribution in [3.63, 3.8) is 0 Å². The zero-order valence-electron chi connectivity index (χ0n) is 16.1. The summed E-state index contributed by atoms with van der Waals surface area (Å²) in [6.07, 6.45) is 6.62. The first kappa shape index (κ1) is 22.2. The van der Waals surface area contributed by atoms with Gasteiger partial charge in [-0.2, -0.15) is 0 Å². The third kappa shape index (κ3) is 7.08. The molecule has 2 saturated heterocycles. The van der Waals surface area contributed by atoms with Gasteiger partial charge in [-0.15, -0.1) is 24.0 Å². The lowest BCUT2D eigenvalue weighted by molar-refractivity contribution is -0.0816. The van der Waals surface area contributed by atoms with E-state index in [4.69, 9.17) is 9.47 Å². The van der Waals surface area contributed by atoms with Gasteiger partial charge in [-0.3, -0.25) is 4.99 Å². The lowest BCUT2D eigenvalue weighted by Gasteiger charge is -2.37. The number of unbranched alkanes of at least 4 members (excludes halogenated alkanes) is 1. The molecule has 0 bridgehead atoms. The molecule has 2 atom stereocenters. The van der Waals surface area contributed by atoms with Crippen LogP contribution in [0.4, 0.5) is 5.82 Å². The Morgan fingerprint density at radius 2 is 2.07 bits per heavy atom. The largest absolute Gasteiger partial charge is 0.375 e. The van der Waals surface area contributed by atoms with Crippen molar-refractivity contribution in [3.8, 4) is 0 Å². The number of morpholine rings is 1. The second-order valence-electron chi connectivity index (χ2n) is 6.73. The maximum Gasteiger partial charge on any atom is 0.193 e. The summed E-state index contributed by atoms with van der Waals surface area (Å²) < 4.78 is 11.7. The van der Waals surface area contributed by atoms with Crippen molar-refractivity contribution in [3.05, 3.63) is 24.4 Å². The number of halogens is 1. The summed E-state index contributed by atoms with van der Waals surface area (Å²) in [5, 5.41) is 6.82. The van der Waals surface area contributed by atoms with E-state index in [-0.39, 0.29) is 36.2 Å². The molecule has 152 valence electrons. The van der Waals surface area contributed by atoms with Gasteiger partial charge < -0.3 is 25.0 Å². The maximum absolute atomic E-state index is 5.92. The van der Waals surface area contributed by atoms with Crippen molar-refractivity contribution in [1.29, 1.82) is 0 Å². The van der Waals surface area contributed by atoms with Gasteiger partial charge in [-0.05, 0) is 37.8 Å². The van der Waals surface area contributed by atoms with Crippen LogP contribution in [0.25, 0.3) is 0 Å². The summed E-state index contributed by atoms with van der Waals surface area (Å²) in [6.45, 7) is 5.17. The van der Waals surface area contributed by atoms with E-state index in [1.54, 1.807) is 6.20 Å². The minimum Gasteiger partial charge on any atom is -0.375 e. The van der Waals surface area contributed by atoms with Crippen molar-refractivity contribution in [1.82, 2.24) is 15.2 Å². The zero-order chi connectivity index (χ0) is 18.0. The molecule has 0 radical (unpaired) electrons. The van der Waals surface area contributed by atoms with E-state index in [0.29, 0.717) is 0 Å². The van der Waals surface area contributed by atoms with Crippen LogP contribution in [-0.4, -0.2) is 74.5 Å². The summed E-state index contributed by atoms with van der Waals surface area (Å²) >= 11 is 0. The Morgan fingerprint density at radius 1 is 1.22 bits per heavy atom. The Kier molecular flexibility index (Phi) is 10.1. The van der Waals surface area contributed by atoms with Crippen molar-refractivity contribution < 1.29 is 9.47 Å². The Morgan fingerprint density at radius 3 is 2.81 bits per heavy atom. The third-order valence-electron chi connectivity index (χ3n) is 4.84. The summed E-state index contributed by atoms with van der Waals surface area (Å²) in [5.41, 5.74) is 0. The number of guanidine groups is 1. The summed E-state index contributed by atoms with van der Waals surface area (Å²) in [7, 11) is 1.85. The number of aromatic nitrogens is 1. The van der Waals surface area contributed by atoms with Crippen molar-refractivity contribution >= 4 is 35.8 Å². The van der Waals surface area contributed by atoms with Crippen molar-refractivity contribution in [2.75, 3.05) is 51.8 Å². The van der Waals surface area contributed by atoms with Gasteiger partial charge in [0.05, 0.1) is 12.7 Å². The van der Waals surface area contributed by atoms with Crippen molar-refractivity contribution in [2.45, 2.75) is 37.9 Å². The van der Waals surface area contributed by atoms with Crippen molar-refractivity contribution in [2.24, 2.45) is 4.99 Å². The smallest absolute Gasteiger partial charge is 0.193 e. The molecular formula is C19H32IN5O2. The van der Waals surface area contributed by atoms with E-state index in [1.165, 1.54) is 0 Å². The van der Waals surface area contributed by atoms with E-state index < -0.39 is 0 Å². The van der Waals surface area contributed by atoms with Gasteiger partial charge >= 0.3 is 0 Å². The summed E-state index contributed by atoms with van der Waals surface area (Å²) in [4.78, 5) is 11.0. The molecular weight excluding hydrogens is 457 g/mol. The highest BCUT2D eigenvalue weighted by atomic mass is 127. The monoisotopic (exact) mass is 489 g/mol. The average molecular weight is 489 g/mol. The number of hydrogen-bond acceptors (Lipinski definition) is 5. The predicted octanol–water partition coefficient (Wildman–Crippen LogP) is 2.35. The molecule has 0 amide bonds. The van der Waals surface area contributed by atoms with E-state index in [0.717, 1.165) is 76.9 Å². The lowest BCUT2D eigenvalue weighted by Crippen LogP contribution is -2.53. The molecule has 1 aromatic rings. The van der Waals surface area contributed by atoms with E-state index in [2.05, 4.69) is 25.5 Å². The van der Waals surface area contributed by atoms with E-state index in [9.17, 15) is 0 Å². The standard InChI is InChI=1S/C19H31N5O2.HI/c1-20-19(23-11-5-4-10-22-18-8-2-3-9-21-18)24-12-14-26-17(15-24)16-7-6-13-25-16;/h2-3,8-9,16-17H,4-7,10-15H2,1H3,(H,20,23)(H,21,22);1H. The van der Waals surface area contributed by atoms with Gasteiger partial charge in [-0.1, -0.05) is 6.07 Å². The second kappa shape index (κ2) is 12.4. The molecule has 2 unspecified atom stereocenters. The average Bonchev–Trinajstić information content (AvgIpc) is 3.23. The van der Waals surface area contributed by atoms with Crippen LogP contribution in [0, 0.1) is 0 Å². The highest BCUT2D eigenvalue weighted by Gasteiger charge is 2.32. The second-order valence-corrected chi connectivity index (χ2v) is 6.73. The third-order valence-corrected chi connectivity index (χ3v) is 4.84. The van der Waals surface area contributed by atoms with Gasteiger partial charge in [0.25, 0.3) is 0 Å². The number of ether oxygens (including phenoxy) is 2. The molecule has 3 heterocycles. The molecule has 0 spiro atoms. The van der Waals surface area contributed by atoms with Crippen LogP contribution in [0.3, 0.4) is 0 Å². The molecule has 2 aliphatic heterocycles. The van der Waals surface area contributed by atoms with Gasteiger partial charge in [0.1, 0.15) is 11.9 Å². The van der Waals surface area contributed by atoms with E-state index in [1.807, 2.05) is 25.2 Å². The Hall–Kier alpha value is -1.13. The molecule has 2 fully saturated rings. The number of pyridine rings is 1. The maximum atomic E-state index is 5.92. The number of nitrogens with one attached hydrogen (secondary N) is 2. The number of hydrogen-bond donors (Lipinski definition) is 2. The van der Waals surface area contributed by atoms with Crippen LogP contribution in [0.5, 0.6) is 0 Å². The Balaban J connectivity index is 0.00000261. The molecule has 7 nitrogen and oxygen atoms in total. The molecule has 8 heteroatoms. The fraction of sp³-hybridized carbons (Fsp3) is 0.684. The van der Waals surface area contributed by atoms with Gasteiger partial charge in [0, 0.05) is 46.0 Å². The van der Waals surface area contributed by atoms with Crippen LogP contribution in [0.15, 0.2) is 29.4 Å². The summed E-state index contributed by atoms with van der Waals surface area (Å²) in [5.74, 6) is 1.90. The van der Waals surface area contributed by atoms with Gasteiger partial charge in [0.2, 0.25) is 0 Å². The number of rotatable bonds is 7. The summed E-state index contributed by atoms with van der Waals surface area (Å²) in [6, 6.07) is 5.91. The number of aliphatic imine (C=N–C) groups is 1. The minimum absolute atomic E-state index is 0. The molecule has 0 aliphatic carbocycles. The van der Waals surface area contributed by atoms with E-state index >= 15 is 0 Å². The highest BCUT2D eigenvalue weighted by molar-refractivity contribution is 14.0. The van der Waals surface area contributed by atoms with Gasteiger partial charge in [-0.25, -0.2) is 4.98 Å². The normalized spacial score (nSPS) is 23.0. The first-order chi connectivity index (χ1) is 12.9. The first-order valence-corrected chi connectivity index (χ1v) is 9.70. The number of nitrogens with zero attached hydrogens (tertiary/aromatic N) is 3. The fourth-order valence-electron chi connectivity index (χ4n) is 3.45. The minimum atomic E-state index is 0. The topological polar surface area (TPSA) is 71.0 Å². The van der Waals surface area contributed by atoms with Crippen LogP contribution >= 0.6 is 24.0 Å². The zero-order valence-corrected chi connectivity index (χ0v) is 18.4. The van der Waals surface area contributed by atoms with Gasteiger partial charge in [0.15, 0.2) is 5.96 Å². The molecule has 1 aromatic heterocycles. The first-order valence-electron chi connectivity index (χ1n) is 9.70. The van der Waals surface area contributed by atoms with Crippen LogP contribution < -0.4 is 10.6 Å². The molecule has 2 aliphatic rings. The molecule has 0 aromatic carbocycles. The molecule has 27 heavy (non-hydrogen) atoms. The number of anilines is 1. The lowest BCUT2D eigenvalue weighted by atomic mass is 10.1. The SMILES string of the molecule is CN=C(NCCCCNc1ccccn1)N1CCOC(C2CCCO2)C1.I. The van der Waals surface area contributed by atoms with Crippen LogP contribution in [-0.2, 0) is 9.47 Å². The van der Waals surface area contributed by atoms with Crippen LogP contribution in [0.2, 0.25) is 0 Å². The molecule has 3 rings (SSSR count). The quantitative estimate of drug-likeness (QED) is 0.265. The molecule has 0 saturated carbocycles.